The molecule has 0 radical (unpaired) electrons. The summed E-state index contributed by atoms with van der Waals surface area (Å²) in [5.74, 6) is 1.55. The van der Waals surface area contributed by atoms with Crippen LogP contribution in [0.3, 0.4) is 0 Å². The summed E-state index contributed by atoms with van der Waals surface area (Å²) in [4.78, 5) is 0. The predicted octanol–water partition coefficient (Wildman–Crippen LogP) is 3.53. The topological polar surface area (TPSA) is 36.9 Å². The molecule has 4 nitrogen and oxygen atoms in total. The molecule has 1 saturated carbocycles. The Morgan fingerprint density at radius 1 is 1.17 bits per heavy atom. The first kappa shape index (κ1) is 16.7. The highest BCUT2D eigenvalue weighted by molar-refractivity contribution is 5.41. The standard InChI is InChI=1S/C19H28O4/c1-19-9-8-14-12-15(21-3)4-5-16(14)17(19)6-7-18(19)23-13-22-11-10-20-2/h4-5,12,17-18H,6-11,13H2,1-3H3/t17-,18-,19-/m0/s1. The third-order valence-corrected chi connectivity index (χ3v) is 5.69. The molecule has 128 valence electrons. The molecule has 0 heterocycles. The van der Waals surface area contributed by atoms with Crippen molar-refractivity contribution in [2.24, 2.45) is 5.41 Å². The molecule has 0 aliphatic heterocycles. The number of fused-ring (bicyclic) bond motifs is 3. The molecule has 1 aromatic rings. The Kier molecular flexibility index (Phi) is 5.24. The van der Waals surface area contributed by atoms with Crippen LogP contribution in [0.5, 0.6) is 5.75 Å². The van der Waals surface area contributed by atoms with Crippen LogP contribution in [-0.4, -0.2) is 40.3 Å². The van der Waals surface area contributed by atoms with Crippen molar-refractivity contribution in [3.8, 4) is 5.75 Å². The molecule has 0 N–H and O–H groups in total. The maximum absolute atomic E-state index is 6.08. The number of ether oxygens (including phenoxy) is 4. The van der Waals surface area contributed by atoms with Crippen LogP contribution < -0.4 is 4.74 Å². The molecule has 23 heavy (non-hydrogen) atoms. The molecule has 4 heteroatoms. The van der Waals surface area contributed by atoms with Crippen LogP contribution in [0.4, 0.5) is 0 Å². The Balaban J connectivity index is 1.66. The van der Waals surface area contributed by atoms with E-state index in [2.05, 4.69) is 25.1 Å². The van der Waals surface area contributed by atoms with Gasteiger partial charge in [0.15, 0.2) is 0 Å². The fourth-order valence-electron chi connectivity index (χ4n) is 4.32. The first-order valence-electron chi connectivity index (χ1n) is 8.54. The summed E-state index contributed by atoms with van der Waals surface area (Å²) < 4.78 is 21.9. The van der Waals surface area contributed by atoms with Gasteiger partial charge in [0.25, 0.3) is 0 Å². The van der Waals surface area contributed by atoms with Crippen molar-refractivity contribution in [3.05, 3.63) is 29.3 Å². The van der Waals surface area contributed by atoms with E-state index in [1.165, 1.54) is 24.0 Å². The van der Waals surface area contributed by atoms with Gasteiger partial charge in [0, 0.05) is 12.5 Å². The monoisotopic (exact) mass is 320 g/mol. The second-order valence-electron chi connectivity index (χ2n) is 6.87. The van der Waals surface area contributed by atoms with Crippen molar-refractivity contribution in [2.75, 3.05) is 34.2 Å². The summed E-state index contributed by atoms with van der Waals surface area (Å²) in [5.41, 5.74) is 3.15. The van der Waals surface area contributed by atoms with Gasteiger partial charge in [-0.05, 0) is 54.9 Å². The smallest absolute Gasteiger partial charge is 0.147 e. The Bertz CT molecular complexity index is 530. The summed E-state index contributed by atoms with van der Waals surface area (Å²) >= 11 is 0. The van der Waals surface area contributed by atoms with Crippen LogP contribution in [0.15, 0.2) is 18.2 Å². The molecule has 1 fully saturated rings. The van der Waals surface area contributed by atoms with E-state index >= 15 is 0 Å². The Morgan fingerprint density at radius 2 is 2.04 bits per heavy atom. The minimum absolute atomic E-state index is 0.214. The number of benzene rings is 1. The average Bonchev–Trinajstić information content (AvgIpc) is 2.91. The summed E-state index contributed by atoms with van der Waals surface area (Å²) in [6, 6.07) is 6.55. The van der Waals surface area contributed by atoms with E-state index in [1.807, 2.05) is 0 Å². The van der Waals surface area contributed by atoms with Crippen molar-refractivity contribution in [3.63, 3.8) is 0 Å². The van der Waals surface area contributed by atoms with Crippen molar-refractivity contribution in [1.29, 1.82) is 0 Å². The first-order chi connectivity index (χ1) is 11.2. The van der Waals surface area contributed by atoms with Gasteiger partial charge in [-0.25, -0.2) is 0 Å². The Morgan fingerprint density at radius 3 is 2.83 bits per heavy atom. The minimum atomic E-state index is 0.214. The molecule has 3 atom stereocenters. The van der Waals surface area contributed by atoms with Gasteiger partial charge in [-0.3, -0.25) is 0 Å². The van der Waals surface area contributed by atoms with Crippen molar-refractivity contribution in [2.45, 2.75) is 44.6 Å². The SMILES string of the molecule is COCCOCO[C@H]1CC[C@H]2c3ccc(OC)cc3CC[C@]12C. The van der Waals surface area contributed by atoms with Gasteiger partial charge in [-0.1, -0.05) is 13.0 Å². The minimum Gasteiger partial charge on any atom is -0.497 e. The van der Waals surface area contributed by atoms with Crippen molar-refractivity contribution in [1.82, 2.24) is 0 Å². The number of hydrogen-bond acceptors (Lipinski definition) is 4. The molecule has 2 aliphatic rings. The van der Waals surface area contributed by atoms with Crippen LogP contribution in [0.2, 0.25) is 0 Å². The van der Waals surface area contributed by atoms with E-state index in [0.717, 1.165) is 18.6 Å². The summed E-state index contributed by atoms with van der Waals surface area (Å²) in [6.07, 6.45) is 4.86. The van der Waals surface area contributed by atoms with E-state index in [1.54, 1.807) is 14.2 Å². The van der Waals surface area contributed by atoms with Gasteiger partial charge >= 0.3 is 0 Å². The molecule has 0 spiro atoms. The summed E-state index contributed by atoms with van der Waals surface area (Å²) in [6.45, 7) is 3.96. The van der Waals surface area contributed by atoms with Crippen molar-refractivity contribution >= 4 is 0 Å². The zero-order chi connectivity index (χ0) is 16.3. The lowest BCUT2D eigenvalue weighted by atomic mass is 9.66. The molecule has 2 aliphatic carbocycles. The lowest BCUT2D eigenvalue weighted by molar-refractivity contribution is -0.127. The number of methoxy groups -OCH3 is 2. The molecule has 0 saturated heterocycles. The van der Waals surface area contributed by atoms with Gasteiger partial charge in [0.05, 0.1) is 26.4 Å². The van der Waals surface area contributed by atoms with Crippen molar-refractivity contribution < 1.29 is 18.9 Å². The van der Waals surface area contributed by atoms with Crippen LogP contribution in [0, 0.1) is 5.41 Å². The van der Waals surface area contributed by atoms with E-state index in [4.69, 9.17) is 18.9 Å². The maximum Gasteiger partial charge on any atom is 0.147 e. The molecular formula is C19H28O4. The lowest BCUT2D eigenvalue weighted by Gasteiger charge is -2.41. The molecular weight excluding hydrogens is 292 g/mol. The van der Waals surface area contributed by atoms with E-state index in [0.29, 0.717) is 25.9 Å². The first-order valence-corrected chi connectivity index (χ1v) is 8.54. The van der Waals surface area contributed by atoms with E-state index < -0.39 is 0 Å². The third-order valence-electron chi connectivity index (χ3n) is 5.69. The number of aryl methyl sites for hydroxylation is 1. The summed E-state index contributed by atoms with van der Waals surface area (Å²) in [7, 11) is 3.42. The zero-order valence-electron chi connectivity index (χ0n) is 14.5. The summed E-state index contributed by atoms with van der Waals surface area (Å²) in [5, 5.41) is 0. The number of rotatable bonds is 7. The van der Waals surface area contributed by atoms with Gasteiger partial charge < -0.3 is 18.9 Å². The van der Waals surface area contributed by atoms with Crippen LogP contribution in [-0.2, 0) is 20.6 Å². The fourth-order valence-corrected chi connectivity index (χ4v) is 4.32. The molecule has 0 unspecified atom stereocenters. The fraction of sp³-hybridized carbons (Fsp3) is 0.684. The maximum atomic E-state index is 6.08. The van der Waals surface area contributed by atoms with E-state index in [-0.39, 0.29) is 11.5 Å². The Labute approximate surface area is 139 Å². The molecule has 3 rings (SSSR count). The molecule has 0 amide bonds. The quantitative estimate of drug-likeness (QED) is 0.569. The van der Waals surface area contributed by atoms with Crippen LogP contribution >= 0.6 is 0 Å². The molecule has 0 aromatic heterocycles. The van der Waals surface area contributed by atoms with Gasteiger partial charge in [-0.2, -0.15) is 0 Å². The number of hydrogen-bond donors (Lipinski definition) is 0. The van der Waals surface area contributed by atoms with Gasteiger partial charge in [-0.15, -0.1) is 0 Å². The van der Waals surface area contributed by atoms with Gasteiger partial charge in [0.2, 0.25) is 0 Å². The van der Waals surface area contributed by atoms with E-state index in [9.17, 15) is 0 Å². The van der Waals surface area contributed by atoms with Gasteiger partial charge in [0.1, 0.15) is 12.5 Å². The second kappa shape index (κ2) is 7.20. The highest BCUT2D eigenvalue weighted by atomic mass is 16.7. The zero-order valence-corrected chi connectivity index (χ0v) is 14.5. The second-order valence-corrected chi connectivity index (χ2v) is 6.87. The van der Waals surface area contributed by atoms with Crippen LogP contribution in [0.25, 0.3) is 0 Å². The molecule has 0 bridgehead atoms. The average molecular weight is 320 g/mol. The highest BCUT2D eigenvalue weighted by Crippen LogP contribution is 2.56. The van der Waals surface area contributed by atoms with Crippen LogP contribution in [0.1, 0.15) is 43.2 Å². The highest BCUT2D eigenvalue weighted by Gasteiger charge is 2.50. The predicted molar refractivity (Wildman–Crippen MR) is 89.0 cm³/mol. The Hall–Kier alpha value is -1.10. The largest absolute Gasteiger partial charge is 0.497 e. The normalized spacial score (nSPS) is 29.2. The lowest BCUT2D eigenvalue weighted by Crippen LogP contribution is -2.37. The third kappa shape index (κ3) is 3.25. The molecule has 1 aromatic carbocycles.